The van der Waals surface area contributed by atoms with Crippen LogP contribution < -0.4 is 11.5 Å². The van der Waals surface area contributed by atoms with E-state index in [0.29, 0.717) is 18.7 Å². The third kappa shape index (κ3) is 2.27. The molecule has 0 aromatic carbocycles. The molecule has 0 saturated carbocycles. The highest BCUT2D eigenvalue weighted by Crippen LogP contribution is 2.26. The van der Waals surface area contributed by atoms with Crippen molar-refractivity contribution >= 4 is 17.5 Å². The van der Waals surface area contributed by atoms with Gasteiger partial charge in [0, 0.05) is 6.54 Å². The smallest absolute Gasteiger partial charge is 0.277 e. The first kappa shape index (κ1) is 13.4. The summed E-state index contributed by atoms with van der Waals surface area (Å²) in [5.41, 5.74) is 12.5. The van der Waals surface area contributed by atoms with Crippen LogP contribution in [0, 0.1) is 0 Å². The van der Waals surface area contributed by atoms with Gasteiger partial charge in [-0.05, 0) is 18.8 Å². The third-order valence-corrected chi connectivity index (χ3v) is 3.46. The number of H-pyrrole nitrogens is 1. The fraction of sp³-hybridized carbons (Fsp3) is 0.583. The average Bonchev–Trinajstić information content (AvgIpc) is 2.93. The normalized spacial score (nSPS) is 19.1. The number of nitrogens with two attached hydrogens (primary N) is 2. The predicted molar refractivity (Wildman–Crippen MR) is 70.3 cm³/mol. The Morgan fingerprint density at radius 2 is 2.16 bits per heavy atom. The van der Waals surface area contributed by atoms with Crippen molar-refractivity contribution in [3.8, 4) is 0 Å². The molecule has 0 spiro atoms. The summed E-state index contributed by atoms with van der Waals surface area (Å²) < 4.78 is 0. The van der Waals surface area contributed by atoms with Crippen LogP contribution in [0.2, 0.25) is 0 Å². The van der Waals surface area contributed by atoms with Crippen LogP contribution in [-0.2, 0) is 4.79 Å². The predicted octanol–water partition coefficient (Wildman–Crippen LogP) is 0.205. The van der Waals surface area contributed by atoms with E-state index in [2.05, 4.69) is 10.2 Å². The van der Waals surface area contributed by atoms with Crippen LogP contribution >= 0.6 is 0 Å². The number of nitrogen functional groups attached to an aromatic ring is 1. The first-order valence-electron chi connectivity index (χ1n) is 6.37. The quantitative estimate of drug-likeness (QED) is 0.723. The van der Waals surface area contributed by atoms with E-state index in [1.54, 1.807) is 0 Å². The molecule has 5 N–H and O–H groups in total. The zero-order chi connectivity index (χ0) is 14.2. The Bertz CT molecular complexity index is 508. The molecule has 104 valence electrons. The standard InChI is InChI=1S/C12H19N5O2/c1-6(2)9-8(13)10(16-15-9)12(19)17-5-3-4-7(17)11(14)18/h6-7H,3-5,13H2,1-2H3,(H2,14,18)(H,15,16). The number of nitrogens with one attached hydrogen (secondary N) is 1. The van der Waals surface area contributed by atoms with Gasteiger partial charge in [0.15, 0.2) is 5.69 Å². The van der Waals surface area contributed by atoms with Gasteiger partial charge < -0.3 is 16.4 Å². The SMILES string of the molecule is CC(C)c1[nH]nc(C(=O)N2CCCC2C(N)=O)c1N. The maximum Gasteiger partial charge on any atom is 0.277 e. The average molecular weight is 265 g/mol. The van der Waals surface area contributed by atoms with Crippen LogP contribution in [0.5, 0.6) is 0 Å². The maximum atomic E-state index is 12.4. The van der Waals surface area contributed by atoms with Crippen LogP contribution in [0.25, 0.3) is 0 Å². The Labute approximate surface area is 111 Å². The summed E-state index contributed by atoms with van der Waals surface area (Å²) in [4.78, 5) is 25.1. The molecule has 1 aliphatic heterocycles. The number of amides is 2. The number of carbonyl (C=O) groups excluding carboxylic acids is 2. The molecule has 2 amide bonds. The largest absolute Gasteiger partial charge is 0.395 e. The van der Waals surface area contributed by atoms with Gasteiger partial charge in [-0.2, -0.15) is 5.10 Å². The molecule has 1 saturated heterocycles. The second-order valence-corrected chi connectivity index (χ2v) is 5.11. The zero-order valence-electron chi connectivity index (χ0n) is 11.1. The Hall–Kier alpha value is -2.05. The molecule has 0 radical (unpaired) electrons. The van der Waals surface area contributed by atoms with Gasteiger partial charge in [-0.1, -0.05) is 13.8 Å². The van der Waals surface area contributed by atoms with E-state index < -0.39 is 11.9 Å². The molecule has 1 fully saturated rings. The molecular formula is C12H19N5O2. The number of hydrogen-bond acceptors (Lipinski definition) is 4. The van der Waals surface area contributed by atoms with E-state index >= 15 is 0 Å². The first-order valence-corrected chi connectivity index (χ1v) is 6.37. The van der Waals surface area contributed by atoms with Gasteiger partial charge in [-0.3, -0.25) is 14.7 Å². The minimum absolute atomic E-state index is 0.152. The summed E-state index contributed by atoms with van der Waals surface area (Å²) >= 11 is 0. The summed E-state index contributed by atoms with van der Waals surface area (Å²) in [5, 5.41) is 6.77. The van der Waals surface area contributed by atoms with Crippen LogP contribution in [0.3, 0.4) is 0 Å². The lowest BCUT2D eigenvalue weighted by Gasteiger charge is -2.21. The van der Waals surface area contributed by atoms with Gasteiger partial charge in [-0.15, -0.1) is 0 Å². The van der Waals surface area contributed by atoms with Gasteiger partial charge in [0.05, 0.1) is 11.4 Å². The second-order valence-electron chi connectivity index (χ2n) is 5.11. The van der Waals surface area contributed by atoms with Crippen molar-refractivity contribution in [3.05, 3.63) is 11.4 Å². The molecule has 1 aromatic heterocycles. The molecule has 1 atom stereocenters. The number of rotatable bonds is 3. The van der Waals surface area contributed by atoms with E-state index in [-0.39, 0.29) is 17.5 Å². The molecule has 2 rings (SSSR count). The van der Waals surface area contributed by atoms with E-state index in [1.807, 2.05) is 13.8 Å². The van der Waals surface area contributed by atoms with Crippen molar-refractivity contribution in [3.63, 3.8) is 0 Å². The third-order valence-electron chi connectivity index (χ3n) is 3.46. The number of anilines is 1. The van der Waals surface area contributed by atoms with Gasteiger partial charge >= 0.3 is 0 Å². The van der Waals surface area contributed by atoms with Crippen molar-refractivity contribution in [1.82, 2.24) is 15.1 Å². The number of likely N-dealkylation sites (tertiary alicyclic amines) is 1. The summed E-state index contributed by atoms with van der Waals surface area (Å²) in [5.74, 6) is -0.662. The van der Waals surface area contributed by atoms with Crippen LogP contribution in [-0.4, -0.2) is 39.5 Å². The molecule has 1 aromatic rings. The summed E-state index contributed by atoms with van der Waals surface area (Å²) in [6.07, 6.45) is 1.36. The summed E-state index contributed by atoms with van der Waals surface area (Å²) in [6, 6.07) is -0.550. The molecule has 1 unspecified atom stereocenters. The van der Waals surface area contributed by atoms with Gasteiger partial charge in [0.2, 0.25) is 5.91 Å². The molecule has 1 aliphatic rings. The Kier molecular flexibility index (Phi) is 3.46. The van der Waals surface area contributed by atoms with Gasteiger partial charge in [-0.25, -0.2) is 0 Å². The second kappa shape index (κ2) is 4.91. The number of carbonyl (C=O) groups is 2. The van der Waals surface area contributed by atoms with Crippen LogP contribution in [0.15, 0.2) is 0 Å². The minimum atomic E-state index is -0.550. The Morgan fingerprint density at radius 1 is 1.47 bits per heavy atom. The molecule has 7 heteroatoms. The number of hydrogen-bond donors (Lipinski definition) is 3. The summed E-state index contributed by atoms with van der Waals surface area (Å²) in [7, 11) is 0. The van der Waals surface area contributed by atoms with E-state index in [1.165, 1.54) is 4.90 Å². The molecule has 0 bridgehead atoms. The van der Waals surface area contributed by atoms with Crippen molar-refractivity contribution in [2.45, 2.75) is 38.6 Å². The monoisotopic (exact) mass is 265 g/mol. The van der Waals surface area contributed by atoms with E-state index in [9.17, 15) is 9.59 Å². The van der Waals surface area contributed by atoms with Crippen LogP contribution in [0.4, 0.5) is 5.69 Å². The highest BCUT2D eigenvalue weighted by molar-refractivity contribution is 6.00. The lowest BCUT2D eigenvalue weighted by Crippen LogP contribution is -2.44. The molecule has 0 aliphatic carbocycles. The molecule has 7 nitrogen and oxygen atoms in total. The number of aromatic nitrogens is 2. The Morgan fingerprint density at radius 3 is 2.68 bits per heavy atom. The highest BCUT2D eigenvalue weighted by atomic mass is 16.2. The van der Waals surface area contributed by atoms with Crippen molar-refractivity contribution in [1.29, 1.82) is 0 Å². The lowest BCUT2D eigenvalue weighted by molar-refractivity contribution is -0.121. The van der Waals surface area contributed by atoms with Gasteiger partial charge in [0.1, 0.15) is 6.04 Å². The van der Waals surface area contributed by atoms with Crippen molar-refractivity contribution in [2.24, 2.45) is 5.73 Å². The van der Waals surface area contributed by atoms with Crippen molar-refractivity contribution < 1.29 is 9.59 Å². The lowest BCUT2D eigenvalue weighted by atomic mass is 10.1. The molecule has 19 heavy (non-hydrogen) atoms. The first-order chi connectivity index (χ1) is 8.93. The number of nitrogens with zero attached hydrogens (tertiary/aromatic N) is 2. The number of primary amides is 1. The van der Waals surface area contributed by atoms with Gasteiger partial charge in [0.25, 0.3) is 5.91 Å². The Balaban J connectivity index is 2.27. The van der Waals surface area contributed by atoms with Crippen molar-refractivity contribution in [2.75, 3.05) is 12.3 Å². The topological polar surface area (TPSA) is 118 Å². The maximum absolute atomic E-state index is 12.4. The van der Waals surface area contributed by atoms with E-state index in [4.69, 9.17) is 11.5 Å². The number of aromatic amines is 1. The minimum Gasteiger partial charge on any atom is -0.395 e. The highest BCUT2D eigenvalue weighted by Gasteiger charge is 2.35. The molecule has 2 heterocycles. The summed E-state index contributed by atoms with van der Waals surface area (Å²) in [6.45, 7) is 4.43. The van der Waals surface area contributed by atoms with Crippen LogP contribution in [0.1, 0.15) is 48.8 Å². The van der Waals surface area contributed by atoms with E-state index in [0.717, 1.165) is 12.1 Å². The molecular weight excluding hydrogens is 246 g/mol. The zero-order valence-corrected chi connectivity index (χ0v) is 11.1. The fourth-order valence-electron chi connectivity index (χ4n) is 2.41. The fourth-order valence-corrected chi connectivity index (χ4v) is 2.41.